The number of carbonyl (C=O) groups excluding carboxylic acids is 1. The Kier molecular flexibility index (Phi) is 4.48. The lowest BCUT2D eigenvalue weighted by molar-refractivity contribution is -0.137. The van der Waals surface area contributed by atoms with E-state index in [-0.39, 0.29) is 11.1 Å². The molecule has 0 unspecified atom stereocenters. The summed E-state index contributed by atoms with van der Waals surface area (Å²) in [6, 6.07) is 8.30. The number of benzene rings is 2. The highest BCUT2D eigenvalue weighted by Gasteiger charge is 2.34. The molecule has 7 heteroatoms. The minimum atomic E-state index is -4.57. The van der Waals surface area contributed by atoms with Gasteiger partial charge in [0.05, 0.1) is 10.6 Å². The Labute approximate surface area is 137 Å². The highest BCUT2D eigenvalue weighted by Crippen LogP contribution is 2.41. The summed E-state index contributed by atoms with van der Waals surface area (Å²) < 4.78 is 39.4. The van der Waals surface area contributed by atoms with Crippen LogP contribution < -0.4 is 5.73 Å². The molecule has 0 saturated carbocycles. The van der Waals surface area contributed by atoms with Crippen LogP contribution in [0.1, 0.15) is 15.9 Å². The molecule has 0 bridgehead atoms. The molecule has 0 aromatic heterocycles. The molecule has 1 amide bonds. The number of amides is 1. The Bertz CT molecular complexity index is 716. The number of nitrogens with two attached hydrogens (primary N) is 1. The number of primary amides is 1. The van der Waals surface area contributed by atoms with Crippen molar-refractivity contribution in [3.05, 3.63) is 56.1 Å². The summed E-state index contributed by atoms with van der Waals surface area (Å²) in [7, 11) is 0. The standard InChI is InChI=1S/C14H8ClF3INO/c15-12-7(3-1-5-9(12)14(16,17)18)11-8(13(20)21)4-2-6-10(11)19/h1-6H,(H2,20,21). The van der Waals surface area contributed by atoms with Crippen LogP contribution in [0.3, 0.4) is 0 Å². The summed E-state index contributed by atoms with van der Waals surface area (Å²) in [6.45, 7) is 0. The largest absolute Gasteiger partial charge is 0.417 e. The molecule has 2 aromatic rings. The lowest BCUT2D eigenvalue weighted by Crippen LogP contribution is -2.13. The highest BCUT2D eigenvalue weighted by atomic mass is 127. The predicted octanol–water partition coefficient (Wildman–Crippen LogP) is 4.73. The number of rotatable bonds is 2. The van der Waals surface area contributed by atoms with Crippen LogP contribution >= 0.6 is 34.2 Å². The first-order valence-electron chi connectivity index (χ1n) is 5.68. The Morgan fingerprint density at radius 3 is 2.33 bits per heavy atom. The average molecular weight is 426 g/mol. The maximum absolute atomic E-state index is 12.9. The molecule has 0 aliphatic rings. The first-order valence-corrected chi connectivity index (χ1v) is 7.13. The lowest BCUT2D eigenvalue weighted by Gasteiger charge is -2.15. The molecule has 0 fully saturated rings. The van der Waals surface area contributed by atoms with E-state index in [0.29, 0.717) is 9.13 Å². The molecule has 2 N–H and O–H groups in total. The van der Waals surface area contributed by atoms with Crippen molar-refractivity contribution in [1.82, 2.24) is 0 Å². The van der Waals surface area contributed by atoms with Gasteiger partial charge in [0.15, 0.2) is 0 Å². The van der Waals surface area contributed by atoms with E-state index < -0.39 is 22.7 Å². The highest BCUT2D eigenvalue weighted by molar-refractivity contribution is 14.1. The summed E-state index contributed by atoms with van der Waals surface area (Å²) in [5, 5.41) is -0.448. The van der Waals surface area contributed by atoms with Gasteiger partial charge in [0.2, 0.25) is 5.91 Å². The van der Waals surface area contributed by atoms with Crippen molar-refractivity contribution in [3.63, 3.8) is 0 Å². The molecular weight excluding hydrogens is 418 g/mol. The van der Waals surface area contributed by atoms with Crippen molar-refractivity contribution in [2.75, 3.05) is 0 Å². The average Bonchev–Trinajstić information content (AvgIpc) is 2.37. The van der Waals surface area contributed by atoms with Gasteiger partial charge in [0.25, 0.3) is 0 Å². The van der Waals surface area contributed by atoms with Crippen LogP contribution in [0.2, 0.25) is 5.02 Å². The normalized spacial score (nSPS) is 11.5. The number of carbonyl (C=O) groups is 1. The first-order chi connectivity index (χ1) is 9.73. The van der Waals surface area contributed by atoms with Gasteiger partial charge in [-0.15, -0.1) is 0 Å². The minimum Gasteiger partial charge on any atom is -0.366 e. The summed E-state index contributed by atoms with van der Waals surface area (Å²) >= 11 is 7.83. The van der Waals surface area contributed by atoms with Crippen molar-refractivity contribution in [3.8, 4) is 11.1 Å². The molecule has 21 heavy (non-hydrogen) atoms. The SMILES string of the molecule is NC(=O)c1cccc(I)c1-c1cccc(C(F)(F)F)c1Cl. The minimum absolute atomic E-state index is 0.128. The smallest absolute Gasteiger partial charge is 0.366 e. The summed E-state index contributed by atoms with van der Waals surface area (Å²) in [5.41, 5.74) is 4.90. The third kappa shape index (κ3) is 3.16. The second kappa shape index (κ2) is 5.84. The first kappa shape index (κ1) is 16.1. The zero-order valence-corrected chi connectivity index (χ0v) is 13.3. The Hall–Kier alpha value is -1.28. The van der Waals surface area contributed by atoms with E-state index in [1.54, 1.807) is 12.1 Å². The van der Waals surface area contributed by atoms with E-state index in [0.717, 1.165) is 6.07 Å². The lowest BCUT2D eigenvalue weighted by atomic mass is 9.97. The van der Waals surface area contributed by atoms with Gasteiger partial charge >= 0.3 is 6.18 Å². The molecule has 110 valence electrons. The van der Waals surface area contributed by atoms with E-state index in [9.17, 15) is 18.0 Å². The monoisotopic (exact) mass is 425 g/mol. The van der Waals surface area contributed by atoms with Crippen molar-refractivity contribution < 1.29 is 18.0 Å². The molecule has 0 heterocycles. The molecule has 0 saturated heterocycles. The van der Waals surface area contributed by atoms with Crippen LogP contribution in [0.5, 0.6) is 0 Å². The number of halogens is 5. The molecule has 0 atom stereocenters. The molecule has 0 radical (unpaired) electrons. The maximum atomic E-state index is 12.9. The summed E-state index contributed by atoms with van der Waals surface area (Å²) in [5.74, 6) is -0.725. The molecule has 0 aliphatic carbocycles. The fourth-order valence-corrected chi connectivity index (χ4v) is 3.06. The number of hydrogen-bond acceptors (Lipinski definition) is 1. The van der Waals surface area contributed by atoms with Gasteiger partial charge in [-0.1, -0.05) is 29.8 Å². The van der Waals surface area contributed by atoms with Crippen LogP contribution in [-0.2, 0) is 6.18 Å². The van der Waals surface area contributed by atoms with Crippen molar-refractivity contribution in [1.29, 1.82) is 0 Å². The van der Waals surface area contributed by atoms with Gasteiger partial charge in [-0.2, -0.15) is 13.2 Å². The van der Waals surface area contributed by atoms with Crippen LogP contribution in [-0.4, -0.2) is 5.91 Å². The van der Waals surface area contributed by atoms with E-state index in [2.05, 4.69) is 0 Å². The Balaban J connectivity index is 2.78. The third-order valence-electron chi connectivity index (χ3n) is 2.85. The van der Waals surface area contributed by atoms with Crippen LogP contribution in [0, 0.1) is 3.57 Å². The van der Waals surface area contributed by atoms with Gasteiger partial charge in [-0.05, 0) is 40.8 Å². The molecule has 2 nitrogen and oxygen atoms in total. The zero-order valence-electron chi connectivity index (χ0n) is 10.3. The van der Waals surface area contributed by atoms with Crippen molar-refractivity contribution in [2.24, 2.45) is 5.73 Å². The zero-order chi connectivity index (χ0) is 15.8. The second-order valence-electron chi connectivity index (χ2n) is 4.19. The van der Waals surface area contributed by atoms with E-state index in [1.165, 1.54) is 18.2 Å². The predicted molar refractivity (Wildman–Crippen MR) is 83.1 cm³/mol. The second-order valence-corrected chi connectivity index (χ2v) is 5.73. The molecule has 0 aliphatic heterocycles. The van der Waals surface area contributed by atoms with E-state index >= 15 is 0 Å². The van der Waals surface area contributed by atoms with Gasteiger partial charge in [0, 0.05) is 20.3 Å². The molecular formula is C14H8ClF3INO. The van der Waals surface area contributed by atoms with Gasteiger partial charge in [-0.25, -0.2) is 0 Å². The maximum Gasteiger partial charge on any atom is 0.417 e. The topological polar surface area (TPSA) is 43.1 Å². The van der Waals surface area contributed by atoms with Crippen molar-refractivity contribution in [2.45, 2.75) is 6.18 Å². The quantitative estimate of drug-likeness (QED) is 0.695. The van der Waals surface area contributed by atoms with Crippen LogP contribution in [0.4, 0.5) is 13.2 Å². The number of alkyl halides is 3. The molecule has 2 aromatic carbocycles. The van der Waals surface area contributed by atoms with E-state index in [4.69, 9.17) is 17.3 Å². The van der Waals surface area contributed by atoms with Gasteiger partial charge in [-0.3, -0.25) is 4.79 Å². The van der Waals surface area contributed by atoms with Gasteiger partial charge in [0.1, 0.15) is 0 Å². The summed E-state index contributed by atoms with van der Waals surface area (Å²) in [4.78, 5) is 11.5. The molecule has 0 spiro atoms. The fourth-order valence-electron chi connectivity index (χ4n) is 1.95. The molecule has 2 rings (SSSR count). The Morgan fingerprint density at radius 1 is 1.14 bits per heavy atom. The third-order valence-corrected chi connectivity index (χ3v) is 4.16. The van der Waals surface area contributed by atoms with Crippen LogP contribution in [0.25, 0.3) is 11.1 Å². The Morgan fingerprint density at radius 2 is 1.76 bits per heavy atom. The van der Waals surface area contributed by atoms with Crippen molar-refractivity contribution >= 4 is 40.1 Å². The van der Waals surface area contributed by atoms with Gasteiger partial charge < -0.3 is 5.73 Å². The number of hydrogen-bond donors (Lipinski definition) is 1. The fraction of sp³-hybridized carbons (Fsp3) is 0.0714. The van der Waals surface area contributed by atoms with E-state index in [1.807, 2.05) is 22.6 Å². The summed E-state index contributed by atoms with van der Waals surface area (Å²) in [6.07, 6.45) is -4.57. The van der Waals surface area contributed by atoms with Crippen LogP contribution in [0.15, 0.2) is 36.4 Å².